The molecule has 0 aliphatic carbocycles. The lowest BCUT2D eigenvalue weighted by Crippen LogP contribution is -2.24. The van der Waals surface area contributed by atoms with E-state index in [1.807, 2.05) is 37.3 Å². The van der Waals surface area contributed by atoms with Gasteiger partial charge in [-0.3, -0.25) is 14.6 Å². The van der Waals surface area contributed by atoms with Gasteiger partial charge < -0.3 is 10.6 Å². The second-order valence-electron chi connectivity index (χ2n) is 5.17. The summed E-state index contributed by atoms with van der Waals surface area (Å²) < 4.78 is 1.62. The first-order chi connectivity index (χ1) is 11.2. The molecule has 3 aromatic rings. The summed E-state index contributed by atoms with van der Waals surface area (Å²) in [5.74, 6) is -0.112. The maximum Gasteiger partial charge on any atom is 0.248 e. The van der Waals surface area contributed by atoms with Crippen molar-refractivity contribution >= 4 is 17.3 Å². The molecule has 23 heavy (non-hydrogen) atoms. The monoisotopic (exact) mass is 310 g/mol. The van der Waals surface area contributed by atoms with Crippen LogP contribution in [-0.2, 0) is 11.3 Å². The molecule has 2 heterocycles. The molecular formula is C16H18N6O. The quantitative estimate of drug-likeness (QED) is 0.652. The van der Waals surface area contributed by atoms with Gasteiger partial charge in [-0.25, -0.2) is 0 Å². The van der Waals surface area contributed by atoms with Crippen molar-refractivity contribution in [1.29, 1.82) is 0 Å². The Hall–Kier alpha value is -3.09. The number of hydrogen-bond acceptors (Lipinski definition) is 4. The van der Waals surface area contributed by atoms with Gasteiger partial charge in [-0.05, 0) is 37.3 Å². The fraction of sp³-hybridized carbons (Fsp3) is 0.188. The number of carbonyl (C=O) groups excluding carboxylic acids is 1. The van der Waals surface area contributed by atoms with Crippen LogP contribution < -0.4 is 10.6 Å². The normalized spacial score (nSPS) is 11.9. The van der Waals surface area contributed by atoms with Gasteiger partial charge >= 0.3 is 0 Å². The molecule has 0 fully saturated rings. The summed E-state index contributed by atoms with van der Waals surface area (Å²) >= 11 is 0. The van der Waals surface area contributed by atoms with Crippen LogP contribution in [0.25, 0.3) is 0 Å². The SMILES string of the molecule is CC(C(=O)Nc1cccc(NCc2ccn[nH]2)c1)n1cccn1. The van der Waals surface area contributed by atoms with E-state index in [2.05, 4.69) is 25.9 Å². The van der Waals surface area contributed by atoms with Crippen LogP contribution in [-0.4, -0.2) is 25.9 Å². The van der Waals surface area contributed by atoms with E-state index in [0.29, 0.717) is 6.54 Å². The topological polar surface area (TPSA) is 87.6 Å². The summed E-state index contributed by atoms with van der Waals surface area (Å²) in [6.07, 6.45) is 5.14. The summed E-state index contributed by atoms with van der Waals surface area (Å²) in [4.78, 5) is 12.3. The average molecular weight is 310 g/mol. The van der Waals surface area contributed by atoms with Crippen LogP contribution in [0.3, 0.4) is 0 Å². The fourth-order valence-corrected chi connectivity index (χ4v) is 2.16. The zero-order valence-electron chi connectivity index (χ0n) is 12.7. The summed E-state index contributed by atoms with van der Waals surface area (Å²) in [6.45, 7) is 2.45. The summed E-state index contributed by atoms with van der Waals surface area (Å²) in [5.41, 5.74) is 2.65. The number of aromatic nitrogens is 4. The second-order valence-corrected chi connectivity index (χ2v) is 5.17. The van der Waals surface area contributed by atoms with Crippen LogP contribution >= 0.6 is 0 Å². The van der Waals surface area contributed by atoms with Crippen molar-refractivity contribution in [2.45, 2.75) is 19.5 Å². The van der Waals surface area contributed by atoms with E-state index in [1.54, 1.807) is 29.3 Å². The molecule has 2 aromatic heterocycles. The van der Waals surface area contributed by atoms with E-state index >= 15 is 0 Å². The highest BCUT2D eigenvalue weighted by molar-refractivity contribution is 5.93. The smallest absolute Gasteiger partial charge is 0.248 e. The Bertz CT molecular complexity index is 751. The molecule has 3 N–H and O–H groups in total. The molecular weight excluding hydrogens is 292 g/mol. The zero-order chi connectivity index (χ0) is 16.1. The van der Waals surface area contributed by atoms with Crippen molar-refractivity contribution in [2.24, 2.45) is 0 Å². The molecule has 118 valence electrons. The van der Waals surface area contributed by atoms with Gasteiger partial charge in [-0.15, -0.1) is 0 Å². The van der Waals surface area contributed by atoms with E-state index in [4.69, 9.17) is 0 Å². The van der Waals surface area contributed by atoms with Crippen LogP contribution in [0.5, 0.6) is 0 Å². The summed E-state index contributed by atoms with van der Waals surface area (Å²) in [7, 11) is 0. The molecule has 7 nitrogen and oxygen atoms in total. The van der Waals surface area contributed by atoms with Crippen LogP contribution in [0.1, 0.15) is 18.7 Å². The maximum atomic E-state index is 12.3. The molecule has 1 unspecified atom stereocenters. The molecule has 0 aliphatic rings. The van der Waals surface area contributed by atoms with Gasteiger partial charge in [0.05, 0.1) is 12.2 Å². The van der Waals surface area contributed by atoms with Gasteiger partial charge in [0, 0.05) is 30.0 Å². The van der Waals surface area contributed by atoms with Gasteiger partial charge in [0.1, 0.15) is 6.04 Å². The van der Waals surface area contributed by atoms with Crippen molar-refractivity contribution in [3.05, 3.63) is 60.7 Å². The summed E-state index contributed by atoms with van der Waals surface area (Å²) in [5, 5.41) is 17.1. The molecule has 0 aliphatic heterocycles. The van der Waals surface area contributed by atoms with Gasteiger partial charge in [0.25, 0.3) is 0 Å². The molecule has 0 saturated heterocycles. The number of nitrogens with zero attached hydrogens (tertiary/aromatic N) is 3. The number of hydrogen-bond donors (Lipinski definition) is 3. The van der Waals surface area contributed by atoms with Crippen LogP contribution in [0.2, 0.25) is 0 Å². The van der Waals surface area contributed by atoms with Gasteiger partial charge in [0.2, 0.25) is 5.91 Å². The number of nitrogens with one attached hydrogen (secondary N) is 3. The molecule has 0 saturated carbocycles. The molecule has 1 amide bonds. The van der Waals surface area contributed by atoms with Crippen LogP contribution in [0.15, 0.2) is 55.0 Å². The Morgan fingerprint density at radius 1 is 1.26 bits per heavy atom. The lowest BCUT2D eigenvalue weighted by molar-refractivity contribution is -0.119. The van der Waals surface area contributed by atoms with E-state index in [9.17, 15) is 4.79 Å². The Morgan fingerprint density at radius 2 is 2.13 bits per heavy atom. The van der Waals surface area contributed by atoms with E-state index in [1.165, 1.54) is 0 Å². The van der Waals surface area contributed by atoms with Gasteiger partial charge in [-0.1, -0.05) is 6.07 Å². The fourth-order valence-electron chi connectivity index (χ4n) is 2.16. The lowest BCUT2D eigenvalue weighted by atomic mass is 10.2. The number of carbonyl (C=O) groups is 1. The largest absolute Gasteiger partial charge is 0.379 e. The first-order valence-corrected chi connectivity index (χ1v) is 7.34. The predicted molar refractivity (Wildman–Crippen MR) is 87.9 cm³/mol. The Kier molecular flexibility index (Phi) is 4.37. The van der Waals surface area contributed by atoms with Crippen LogP contribution in [0, 0.1) is 0 Å². The molecule has 0 radical (unpaired) electrons. The van der Waals surface area contributed by atoms with Crippen molar-refractivity contribution in [1.82, 2.24) is 20.0 Å². The molecule has 1 atom stereocenters. The first-order valence-electron chi connectivity index (χ1n) is 7.34. The van der Waals surface area contributed by atoms with E-state index < -0.39 is 0 Å². The molecule has 0 bridgehead atoms. The van der Waals surface area contributed by atoms with Crippen molar-refractivity contribution in [3.8, 4) is 0 Å². The van der Waals surface area contributed by atoms with Crippen molar-refractivity contribution < 1.29 is 4.79 Å². The minimum absolute atomic E-state index is 0.112. The maximum absolute atomic E-state index is 12.3. The number of rotatable bonds is 6. The van der Waals surface area contributed by atoms with E-state index in [-0.39, 0.29) is 11.9 Å². The highest BCUT2D eigenvalue weighted by Crippen LogP contribution is 2.17. The van der Waals surface area contributed by atoms with Crippen LogP contribution in [0.4, 0.5) is 11.4 Å². The third kappa shape index (κ3) is 3.76. The molecule has 3 rings (SSSR count). The predicted octanol–water partition coefficient (Wildman–Crippen LogP) is 2.42. The third-order valence-electron chi connectivity index (χ3n) is 3.47. The Labute approximate surface area is 133 Å². The Morgan fingerprint density at radius 3 is 2.87 bits per heavy atom. The minimum Gasteiger partial charge on any atom is -0.379 e. The third-order valence-corrected chi connectivity index (χ3v) is 3.47. The standard InChI is InChI=1S/C16H18N6O/c1-12(22-9-3-7-19-22)16(23)20-14-5-2-4-13(10-14)17-11-15-6-8-18-21-15/h2-10,12,17H,11H2,1H3,(H,18,21)(H,20,23). The molecule has 7 heteroatoms. The number of anilines is 2. The minimum atomic E-state index is -0.369. The number of H-pyrrole nitrogens is 1. The van der Waals surface area contributed by atoms with Gasteiger partial charge in [0.15, 0.2) is 0 Å². The number of amides is 1. The van der Waals surface area contributed by atoms with E-state index in [0.717, 1.165) is 17.1 Å². The number of aromatic amines is 1. The first kappa shape index (κ1) is 14.8. The Balaban J connectivity index is 1.61. The molecule has 0 spiro atoms. The molecule has 1 aromatic carbocycles. The lowest BCUT2D eigenvalue weighted by Gasteiger charge is -2.13. The average Bonchev–Trinajstić information content (AvgIpc) is 3.26. The zero-order valence-corrected chi connectivity index (χ0v) is 12.7. The summed E-state index contributed by atoms with van der Waals surface area (Å²) in [6, 6.07) is 10.9. The highest BCUT2D eigenvalue weighted by atomic mass is 16.2. The highest BCUT2D eigenvalue weighted by Gasteiger charge is 2.15. The second kappa shape index (κ2) is 6.78. The van der Waals surface area contributed by atoms with Crippen molar-refractivity contribution in [2.75, 3.05) is 10.6 Å². The van der Waals surface area contributed by atoms with Gasteiger partial charge in [-0.2, -0.15) is 10.2 Å². The van der Waals surface area contributed by atoms with Crippen molar-refractivity contribution in [3.63, 3.8) is 0 Å². The number of benzene rings is 1.